The zero-order valence-corrected chi connectivity index (χ0v) is 57.9. The molecular weight excluding hydrogens is 1090 g/mol. The van der Waals surface area contributed by atoms with Crippen LogP contribution in [-0.2, 0) is 50.0 Å². The third-order valence-electron chi connectivity index (χ3n) is 12.3. The van der Waals surface area contributed by atoms with E-state index in [1.165, 1.54) is 83.5 Å². The average molecular weight is 1190 g/mol. The summed E-state index contributed by atoms with van der Waals surface area (Å²) in [6.45, 7) is 40.0. The van der Waals surface area contributed by atoms with Gasteiger partial charge in [0, 0.05) is 0 Å². The molecular formula is C82H100V2. The zero-order valence-electron chi connectivity index (χ0n) is 55.1. The van der Waals surface area contributed by atoms with Crippen LogP contribution in [0.1, 0.15) is 161 Å². The van der Waals surface area contributed by atoms with Gasteiger partial charge in [0.25, 0.3) is 0 Å². The van der Waals surface area contributed by atoms with Crippen LogP contribution in [0.25, 0.3) is 89.0 Å². The van der Waals surface area contributed by atoms with Gasteiger partial charge in [0.15, 0.2) is 0 Å². The van der Waals surface area contributed by atoms with Gasteiger partial charge < -0.3 is 0 Å². The first-order valence-corrected chi connectivity index (χ1v) is 31.3. The molecule has 0 fully saturated rings. The number of hydrogen-bond acceptors (Lipinski definition) is 0. The fourth-order valence-electron chi connectivity index (χ4n) is 9.18. The van der Waals surface area contributed by atoms with Crippen LogP contribution in [0.5, 0.6) is 0 Å². The van der Waals surface area contributed by atoms with E-state index in [1.807, 2.05) is 181 Å². The van der Waals surface area contributed by atoms with Crippen LogP contribution >= 0.6 is 0 Å². The second kappa shape index (κ2) is 47.7. The average Bonchev–Trinajstić information content (AvgIpc) is 3.39. The molecule has 2 heteroatoms. The Morgan fingerprint density at radius 3 is 1.18 bits per heavy atom. The maximum atomic E-state index is 3.59. The van der Waals surface area contributed by atoms with Crippen molar-refractivity contribution in [1.82, 2.24) is 0 Å². The smallest absolute Gasteiger partial charge is 0.226 e. The molecule has 438 valence electrons. The van der Waals surface area contributed by atoms with E-state index in [-0.39, 0.29) is 37.1 Å². The molecule has 0 spiro atoms. The maximum Gasteiger partial charge on any atom is 2.00 e. The molecule has 0 unspecified atom stereocenters. The Hall–Kier alpha value is -6.63. The van der Waals surface area contributed by atoms with E-state index in [2.05, 4.69) is 200 Å². The molecule has 10 aromatic carbocycles. The van der Waals surface area contributed by atoms with Crippen molar-refractivity contribution in [3.63, 3.8) is 0 Å². The molecule has 12 rings (SSSR count). The minimum Gasteiger partial charge on any atom is -0.226 e. The number of benzene rings is 10. The molecule has 0 aliphatic heterocycles. The van der Waals surface area contributed by atoms with Crippen molar-refractivity contribution in [3.8, 4) is 89.0 Å². The van der Waals surface area contributed by atoms with Crippen LogP contribution in [0.15, 0.2) is 218 Å². The Morgan fingerprint density at radius 2 is 0.607 bits per heavy atom. The van der Waals surface area contributed by atoms with Crippen LogP contribution in [0.4, 0.5) is 0 Å². The van der Waals surface area contributed by atoms with Crippen molar-refractivity contribution in [2.75, 3.05) is 0 Å². The molecule has 0 saturated carbocycles. The van der Waals surface area contributed by atoms with E-state index in [4.69, 9.17) is 0 Å². The van der Waals surface area contributed by atoms with Crippen LogP contribution in [0.3, 0.4) is 0 Å². The first-order valence-electron chi connectivity index (χ1n) is 31.3. The van der Waals surface area contributed by atoms with Gasteiger partial charge in [-0.25, -0.2) is 16.7 Å². The van der Waals surface area contributed by atoms with Crippen LogP contribution < -0.4 is 0 Å². The predicted octanol–water partition coefficient (Wildman–Crippen LogP) is 26.0. The van der Waals surface area contributed by atoms with E-state index in [0.29, 0.717) is 0 Å². The Kier molecular flexibility index (Phi) is 45.1. The second-order valence-electron chi connectivity index (χ2n) is 16.1. The van der Waals surface area contributed by atoms with Gasteiger partial charge >= 0.3 is 37.1 Å². The van der Waals surface area contributed by atoms with Gasteiger partial charge in [-0.05, 0) is 97.3 Å². The summed E-state index contributed by atoms with van der Waals surface area (Å²) in [6.07, 6.45) is 2.03. The molecule has 10 aromatic rings. The van der Waals surface area contributed by atoms with Crippen molar-refractivity contribution < 1.29 is 37.1 Å². The fourth-order valence-corrected chi connectivity index (χ4v) is 9.18. The van der Waals surface area contributed by atoms with Crippen molar-refractivity contribution in [2.24, 2.45) is 0 Å². The third-order valence-corrected chi connectivity index (χ3v) is 12.3. The van der Waals surface area contributed by atoms with E-state index >= 15 is 0 Å². The van der Waals surface area contributed by atoms with Crippen LogP contribution in [0.2, 0.25) is 0 Å². The summed E-state index contributed by atoms with van der Waals surface area (Å²) in [4.78, 5) is 0. The van der Waals surface area contributed by atoms with Crippen molar-refractivity contribution >= 4 is 0 Å². The molecule has 0 nitrogen and oxygen atoms in total. The van der Waals surface area contributed by atoms with Gasteiger partial charge in [-0.15, -0.1) is 41.5 Å². The second-order valence-corrected chi connectivity index (χ2v) is 16.1. The van der Waals surface area contributed by atoms with Crippen molar-refractivity contribution in [2.45, 2.75) is 151 Å². The van der Waals surface area contributed by atoms with Crippen molar-refractivity contribution in [3.05, 3.63) is 265 Å². The normalized spacial score (nSPS) is 9.38. The SMILES string of the molecule is CC.CC.CC.CC.CC.CC.CC.CC.CC.CC.[V+2].[V+2].[c-]1ccccc1-c1[c-]c(-c2cccc(-c3cccc4c3Cc3ccccc3-4)c2)ccc1.[c-]1ccccc1-c1[c-]ccc(-c2cccc(-c3ccc4c(c3)-c3ccccc3C4)c2)c1. The Balaban J connectivity index is 0. The molecule has 0 bridgehead atoms. The maximum absolute atomic E-state index is 3.59. The van der Waals surface area contributed by atoms with Gasteiger partial charge in [0.05, 0.1) is 0 Å². The summed E-state index contributed by atoms with van der Waals surface area (Å²) in [5.41, 5.74) is 25.2. The molecule has 2 aliphatic carbocycles. The molecule has 2 radical (unpaired) electrons. The Bertz CT molecular complexity index is 3230. The van der Waals surface area contributed by atoms with Crippen molar-refractivity contribution in [1.29, 1.82) is 0 Å². The minimum absolute atomic E-state index is 0. The first-order chi connectivity index (χ1) is 40.7. The summed E-state index contributed by atoms with van der Waals surface area (Å²) in [5, 5.41) is 0. The number of hydrogen-bond donors (Lipinski definition) is 0. The molecule has 0 saturated heterocycles. The molecule has 0 N–H and O–H groups in total. The predicted molar refractivity (Wildman–Crippen MR) is 371 cm³/mol. The van der Waals surface area contributed by atoms with Gasteiger partial charge in [-0.3, -0.25) is 0 Å². The van der Waals surface area contributed by atoms with Crippen LogP contribution in [-0.4, -0.2) is 0 Å². The minimum atomic E-state index is 0. The number of rotatable bonds is 6. The first kappa shape index (κ1) is 79.4. The molecule has 2 aliphatic rings. The summed E-state index contributed by atoms with van der Waals surface area (Å²) >= 11 is 0. The largest absolute Gasteiger partial charge is 2.00 e. The summed E-state index contributed by atoms with van der Waals surface area (Å²) in [6, 6.07) is 91.1. The standard InChI is InChI=1S/2C31H20.10C2H6.2V/c1-2-9-22(10-3-1)23-12-6-13-24(19-23)25-14-7-15-26(20-25)29-17-8-18-30-28-16-5-4-11-27(28)21-31(29)30;1-2-8-22(9-3-1)23-11-6-12-24(18-23)25-13-7-14-26(19-25)27-16-17-29-20-28-10-4-5-15-30(28)31(29)21-27;10*1-2;;/h1-9,11-18,20H,21H2;1-8,10,12-19,21H,20H2;10*1-2H3;;/q2*-2;;;;;;;;;;;2*+2. The molecule has 0 aromatic heterocycles. The van der Waals surface area contributed by atoms with Gasteiger partial charge in [0.1, 0.15) is 0 Å². The monoisotopic (exact) mass is 1190 g/mol. The topological polar surface area (TPSA) is 0 Å². The summed E-state index contributed by atoms with van der Waals surface area (Å²) in [7, 11) is 0. The van der Waals surface area contributed by atoms with Gasteiger partial charge in [-0.2, -0.15) is 84.4 Å². The quantitative estimate of drug-likeness (QED) is 0.146. The molecule has 0 heterocycles. The Morgan fingerprint density at radius 1 is 0.226 bits per heavy atom. The molecule has 0 amide bonds. The Labute approximate surface area is 538 Å². The van der Waals surface area contributed by atoms with Crippen LogP contribution in [0, 0.1) is 24.3 Å². The number of fused-ring (bicyclic) bond motifs is 6. The van der Waals surface area contributed by atoms with E-state index in [9.17, 15) is 0 Å². The fraction of sp³-hybridized carbons (Fsp3) is 0.268. The molecule has 0 atom stereocenters. The zero-order chi connectivity index (χ0) is 61.2. The third kappa shape index (κ3) is 21.8. The van der Waals surface area contributed by atoms with Gasteiger partial charge in [0.2, 0.25) is 0 Å². The summed E-state index contributed by atoms with van der Waals surface area (Å²) in [5.74, 6) is 0. The van der Waals surface area contributed by atoms with E-state index in [1.54, 1.807) is 0 Å². The van der Waals surface area contributed by atoms with E-state index < -0.39 is 0 Å². The van der Waals surface area contributed by atoms with Gasteiger partial charge in [-0.1, -0.05) is 265 Å². The summed E-state index contributed by atoms with van der Waals surface area (Å²) < 4.78 is 0. The van der Waals surface area contributed by atoms with E-state index in [0.717, 1.165) is 40.7 Å². The molecule has 84 heavy (non-hydrogen) atoms.